The predicted molar refractivity (Wildman–Crippen MR) is 87.8 cm³/mol. The van der Waals surface area contributed by atoms with Gasteiger partial charge in [-0.1, -0.05) is 12.5 Å². The lowest BCUT2D eigenvalue weighted by Crippen LogP contribution is -2.38. The van der Waals surface area contributed by atoms with Crippen LogP contribution in [0.3, 0.4) is 0 Å². The number of anilines is 1. The Morgan fingerprint density at radius 2 is 2.20 bits per heavy atom. The summed E-state index contributed by atoms with van der Waals surface area (Å²) in [6.45, 7) is 4.91. The minimum Gasteiger partial charge on any atom is -0.385 e. The third-order valence-corrected chi connectivity index (χ3v) is 5.03. The summed E-state index contributed by atoms with van der Waals surface area (Å²) in [6, 6.07) is 6.27. The van der Waals surface area contributed by atoms with Crippen LogP contribution >= 0.6 is 11.8 Å². The summed E-state index contributed by atoms with van der Waals surface area (Å²) in [7, 11) is 0. The molecule has 0 spiro atoms. The van der Waals surface area contributed by atoms with Crippen molar-refractivity contribution in [3.8, 4) is 0 Å². The van der Waals surface area contributed by atoms with Gasteiger partial charge in [0, 0.05) is 23.5 Å². The number of thioether (sulfide) groups is 1. The van der Waals surface area contributed by atoms with Crippen LogP contribution < -0.4 is 10.6 Å². The van der Waals surface area contributed by atoms with Crippen LogP contribution in [-0.2, 0) is 0 Å². The van der Waals surface area contributed by atoms with Gasteiger partial charge in [-0.25, -0.2) is 0 Å². The molecule has 1 aromatic rings. The zero-order valence-electron chi connectivity index (χ0n) is 12.5. The Balaban J connectivity index is 2.12. The molecular weight excluding hydrogens is 268 g/mol. The minimum absolute atomic E-state index is 0.0481. The second-order valence-corrected chi connectivity index (χ2v) is 6.44. The first kappa shape index (κ1) is 15.2. The highest BCUT2D eigenvalue weighted by molar-refractivity contribution is 7.99. The Morgan fingerprint density at radius 1 is 1.40 bits per heavy atom. The first-order valence-corrected chi connectivity index (χ1v) is 8.62. The number of aryl methyl sites for hydroxylation is 1. The summed E-state index contributed by atoms with van der Waals surface area (Å²) in [5.41, 5.74) is 2.85. The summed E-state index contributed by atoms with van der Waals surface area (Å²) in [5.74, 6) is 0.0481. The molecule has 110 valence electrons. The Labute approximate surface area is 125 Å². The van der Waals surface area contributed by atoms with Crippen LogP contribution in [0.2, 0.25) is 0 Å². The Bertz CT molecular complexity index is 476. The molecule has 3 nitrogen and oxygen atoms in total. The topological polar surface area (TPSA) is 41.1 Å². The fraction of sp³-hybridized carbons (Fsp3) is 0.562. The molecule has 2 rings (SSSR count). The average Bonchev–Trinajstić information content (AvgIpc) is 2.86. The molecule has 1 aliphatic carbocycles. The smallest absolute Gasteiger partial charge is 0.253 e. The minimum atomic E-state index is 0.0481. The number of hydrogen-bond donors (Lipinski definition) is 2. The maximum atomic E-state index is 12.5. The predicted octanol–water partition coefficient (Wildman–Crippen LogP) is 3.44. The largest absolute Gasteiger partial charge is 0.385 e. The van der Waals surface area contributed by atoms with E-state index in [1.54, 1.807) is 0 Å². The van der Waals surface area contributed by atoms with Crippen LogP contribution in [0.1, 0.15) is 42.1 Å². The van der Waals surface area contributed by atoms with Crippen molar-refractivity contribution in [3.05, 3.63) is 29.3 Å². The highest BCUT2D eigenvalue weighted by atomic mass is 32.2. The van der Waals surface area contributed by atoms with E-state index >= 15 is 0 Å². The van der Waals surface area contributed by atoms with Gasteiger partial charge < -0.3 is 10.6 Å². The molecule has 1 aromatic carbocycles. The molecule has 20 heavy (non-hydrogen) atoms. The number of carbonyl (C=O) groups excluding carboxylic acids is 1. The van der Waals surface area contributed by atoms with Crippen molar-refractivity contribution in [1.29, 1.82) is 0 Å². The van der Waals surface area contributed by atoms with Crippen molar-refractivity contribution in [3.63, 3.8) is 0 Å². The molecule has 2 N–H and O–H groups in total. The van der Waals surface area contributed by atoms with Crippen molar-refractivity contribution in [2.24, 2.45) is 0 Å². The normalized spacial score (nSPS) is 21.8. The van der Waals surface area contributed by atoms with E-state index in [4.69, 9.17) is 0 Å². The van der Waals surface area contributed by atoms with E-state index in [-0.39, 0.29) is 5.91 Å². The zero-order chi connectivity index (χ0) is 14.5. The fourth-order valence-electron chi connectivity index (χ4n) is 2.81. The van der Waals surface area contributed by atoms with E-state index in [1.165, 1.54) is 18.4 Å². The molecule has 0 saturated heterocycles. The molecule has 2 atom stereocenters. The van der Waals surface area contributed by atoms with Gasteiger partial charge in [0.2, 0.25) is 0 Å². The van der Waals surface area contributed by atoms with Gasteiger partial charge in [0.15, 0.2) is 0 Å². The second-order valence-electron chi connectivity index (χ2n) is 5.36. The maximum absolute atomic E-state index is 12.5. The second kappa shape index (κ2) is 7.02. The summed E-state index contributed by atoms with van der Waals surface area (Å²) in [4.78, 5) is 12.5. The summed E-state index contributed by atoms with van der Waals surface area (Å²) < 4.78 is 0. The molecule has 1 saturated carbocycles. The number of carbonyl (C=O) groups is 1. The van der Waals surface area contributed by atoms with Crippen LogP contribution in [-0.4, -0.2) is 30.0 Å². The van der Waals surface area contributed by atoms with Gasteiger partial charge in [-0.05, 0) is 50.6 Å². The number of nitrogens with one attached hydrogen (secondary N) is 2. The van der Waals surface area contributed by atoms with Gasteiger partial charge >= 0.3 is 0 Å². The first-order valence-electron chi connectivity index (χ1n) is 7.34. The van der Waals surface area contributed by atoms with Crippen LogP contribution in [0, 0.1) is 6.92 Å². The third-order valence-electron chi connectivity index (χ3n) is 3.86. The van der Waals surface area contributed by atoms with Crippen molar-refractivity contribution in [2.75, 3.05) is 18.1 Å². The van der Waals surface area contributed by atoms with Crippen LogP contribution in [0.25, 0.3) is 0 Å². The molecule has 0 radical (unpaired) electrons. The average molecular weight is 292 g/mol. The number of rotatable bonds is 5. The molecule has 4 heteroatoms. The molecule has 0 heterocycles. The third kappa shape index (κ3) is 3.48. The summed E-state index contributed by atoms with van der Waals surface area (Å²) >= 11 is 1.86. The van der Waals surface area contributed by atoms with E-state index in [0.29, 0.717) is 11.3 Å². The van der Waals surface area contributed by atoms with Crippen molar-refractivity contribution in [1.82, 2.24) is 5.32 Å². The van der Waals surface area contributed by atoms with Gasteiger partial charge in [0.05, 0.1) is 5.56 Å². The zero-order valence-corrected chi connectivity index (χ0v) is 13.3. The molecule has 1 aliphatic rings. The number of hydrogen-bond acceptors (Lipinski definition) is 3. The van der Waals surface area contributed by atoms with Crippen molar-refractivity contribution in [2.45, 2.75) is 44.4 Å². The fourth-order valence-corrected chi connectivity index (χ4v) is 3.75. The Hall–Kier alpha value is -1.16. The highest BCUT2D eigenvalue weighted by Gasteiger charge is 2.28. The van der Waals surface area contributed by atoms with E-state index in [0.717, 1.165) is 24.2 Å². The molecule has 1 fully saturated rings. The molecule has 0 aliphatic heterocycles. The van der Waals surface area contributed by atoms with E-state index < -0.39 is 0 Å². The van der Waals surface area contributed by atoms with Crippen molar-refractivity contribution >= 4 is 23.4 Å². The lowest BCUT2D eigenvalue weighted by molar-refractivity contribution is 0.0939. The summed E-state index contributed by atoms with van der Waals surface area (Å²) in [6.07, 6.45) is 5.65. The molecule has 2 unspecified atom stereocenters. The molecule has 0 bridgehead atoms. The lowest BCUT2D eigenvalue weighted by atomic mass is 10.1. The lowest BCUT2D eigenvalue weighted by Gasteiger charge is -2.20. The van der Waals surface area contributed by atoms with E-state index in [9.17, 15) is 4.79 Å². The van der Waals surface area contributed by atoms with Gasteiger partial charge in [0.25, 0.3) is 5.91 Å². The SMILES string of the molecule is CCNc1cc(C)ccc1C(=O)NC1CCCC1SC. The maximum Gasteiger partial charge on any atom is 0.253 e. The van der Waals surface area contributed by atoms with Crippen molar-refractivity contribution < 1.29 is 4.79 Å². The molecular formula is C16H24N2OS. The highest BCUT2D eigenvalue weighted by Crippen LogP contribution is 2.29. The monoisotopic (exact) mass is 292 g/mol. The van der Waals surface area contributed by atoms with E-state index in [1.807, 2.05) is 43.8 Å². The Morgan fingerprint density at radius 3 is 2.90 bits per heavy atom. The quantitative estimate of drug-likeness (QED) is 0.873. The molecule has 0 aromatic heterocycles. The first-order chi connectivity index (χ1) is 9.65. The van der Waals surface area contributed by atoms with Crippen LogP contribution in [0.4, 0.5) is 5.69 Å². The standard InChI is InChI=1S/C16H24N2OS/c1-4-17-14-10-11(2)8-9-12(14)16(19)18-13-6-5-7-15(13)20-3/h8-10,13,15,17H,4-7H2,1-3H3,(H,18,19). The number of amides is 1. The van der Waals surface area contributed by atoms with Gasteiger partial charge in [0.1, 0.15) is 0 Å². The summed E-state index contributed by atoms with van der Waals surface area (Å²) in [5, 5.41) is 7.06. The van der Waals surface area contributed by atoms with Gasteiger partial charge in [-0.15, -0.1) is 0 Å². The Kier molecular flexibility index (Phi) is 5.35. The van der Waals surface area contributed by atoms with E-state index in [2.05, 4.69) is 16.9 Å². The van der Waals surface area contributed by atoms with Crippen LogP contribution in [0.15, 0.2) is 18.2 Å². The van der Waals surface area contributed by atoms with Gasteiger partial charge in [-0.3, -0.25) is 4.79 Å². The van der Waals surface area contributed by atoms with Gasteiger partial charge in [-0.2, -0.15) is 11.8 Å². The molecule has 1 amide bonds. The van der Waals surface area contributed by atoms with Crippen LogP contribution in [0.5, 0.6) is 0 Å². The number of benzene rings is 1.